The molecule has 0 atom stereocenters. The number of nitrogens with one attached hydrogen (secondary N) is 1. The number of aromatic nitrogens is 2. The first-order chi connectivity index (χ1) is 12.9. The Morgan fingerprint density at radius 3 is 2.67 bits per heavy atom. The lowest BCUT2D eigenvalue weighted by molar-refractivity contribution is -0.147. The molecule has 7 nitrogen and oxygen atoms in total. The molecule has 0 unspecified atom stereocenters. The highest BCUT2D eigenvalue weighted by atomic mass is 19.2. The van der Waals surface area contributed by atoms with Crippen molar-refractivity contribution in [2.75, 3.05) is 11.9 Å². The van der Waals surface area contributed by atoms with Gasteiger partial charge in [-0.05, 0) is 24.3 Å². The fourth-order valence-electron chi connectivity index (χ4n) is 2.32. The number of ether oxygens (including phenoxy) is 1. The number of nitrogens with zero attached hydrogens (tertiary/aromatic N) is 2. The van der Waals surface area contributed by atoms with Crippen LogP contribution in [0.15, 0.2) is 53.6 Å². The Morgan fingerprint density at radius 2 is 1.89 bits per heavy atom. The summed E-state index contributed by atoms with van der Waals surface area (Å²) in [6.45, 7) is -1.07. The van der Waals surface area contributed by atoms with Crippen molar-refractivity contribution in [3.05, 3.63) is 70.8 Å². The summed E-state index contributed by atoms with van der Waals surface area (Å²) >= 11 is 0. The van der Waals surface area contributed by atoms with Crippen LogP contribution in [-0.2, 0) is 20.9 Å². The highest BCUT2D eigenvalue weighted by molar-refractivity contribution is 5.92. The normalized spacial score (nSPS) is 10.6. The van der Waals surface area contributed by atoms with Crippen molar-refractivity contribution in [2.45, 2.75) is 6.54 Å². The predicted molar refractivity (Wildman–Crippen MR) is 91.9 cm³/mol. The van der Waals surface area contributed by atoms with Crippen molar-refractivity contribution in [1.82, 2.24) is 9.55 Å². The summed E-state index contributed by atoms with van der Waals surface area (Å²) in [6, 6.07) is 9.49. The Hall–Kier alpha value is -3.62. The third kappa shape index (κ3) is 4.32. The lowest BCUT2D eigenvalue weighted by atomic mass is 10.2. The van der Waals surface area contributed by atoms with Crippen molar-refractivity contribution >= 4 is 28.5 Å². The van der Waals surface area contributed by atoms with Crippen molar-refractivity contribution in [3.63, 3.8) is 0 Å². The van der Waals surface area contributed by atoms with E-state index in [1.807, 2.05) is 0 Å². The number of para-hydroxylation sites is 1. The first-order valence-electron chi connectivity index (χ1n) is 7.79. The van der Waals surface area contributed by atoms with E-state index in [1.165, 1.54) is 12.4 Å². The van der Waals surface area contributed by atoms with Gasteiger partial charge in [0.15, 0.2) is 18.2 Å². The van der Waals surface area contributed by atoms with Crippen molar-refractivity contribution < 1.29 is 23.1 Å². The molecule has 0 aliphatic carbocycles. The highest BCUT2D eigenvalue weighted by Gasteiger charge is 2.12. The molecule has 0 saturated heterocycles. The molecule has 1 aromatic heterocycles. The molecule has 1 N–H and O–H groups in total. The van der Waals surface area contributed by atoms with Gasteiger partial charge in [0.2, 0.25) is 0 Å². The van der Waals surface area contributed by atoms with Gasteiger partial charge in [-0.3, -0.25) is 19.0 Å². The van der Waals surface area contributed by atoms with Crippen LogP contribution in [0.4, 0.5) is 14.5 Å². The second-order valence-electron chi connectivity index (χ2n) is 5.53. The van der Waals surface area contributed by atoms with Crippen LogP contribution in [0.1, 0.15) is 0 Å². The zero-order valence-corrected chi connectivity index (χ0v) is 13.8. The summed E-state index contributed by atoms with van der Waals surface area (Å²) in [5.41, 5.74) is 0.103. The van der Waals surface area contributed by atoms with Crippen LogP contribution in [0.3, 0.4) is 0 Å². The highest BCUT2D eigenvalue weighted by Crippen LogP contribution is 2.12. The third-order valence-corrected chi connectivity index (χ3v) is 3.60. The number of amides is 1. The topological polar surface area (TPSA) is 90.3 Å². The molecule has 0 aliphatic heterocycles. The van der Waals surface area contributed by atoms with E-state index in [0.29, 0.717) is 10.9 Å². The van der Waals surface area contributed by atoms with E-state index in [1.54, 1.807) is 24.3 Å². The minimum Gasteiger partial charge on any atom is -0.454 e. The van der Waals surface area contributed by atoms with Gasteiger partial charge in [-0.25, -0.2) is 13.8 Å². The van der Waals surface area contributed by atoms with Crippen LogP contribution in [0.2, 0.25) is 0 Å². The smallest absolute Gasteiger partial charge is 0.326 e. The lowest BCUT2D eigenvalue weighted by Gasteiger charge is -2.08. The van der Waals surface area contributed by atoms with E-state index in [-0.39, 0.29) is 5.69 Å². The number of hydrogen-bond acceptors (Lipinski definition) is 5. The summed E-state index contributed by atoms with van der Waals surface area (Å²) in [4.78, 5) is 39.9. The first kappa shape index (κ1) is 18.2. The SMILES string of the molecule is O=C(COC(=O)Cn1cnc2ccccc2c1=O)Nc1ccc(F)c(F)c1. The number of carbonyl (C=O) groups excluding carboxylic acids is 2. The molecule has 0 fully saturated rings. The Bertz CT molecular complexity index is 1080. The standard InChI is InChI=1S/C18H13F2N3O4/c19-13-6-5-11(7-14(13)20)22-16(24)9-27-17(25)8-23-10-21-15-4-2-1-3-12(15)18(23)26/h1-7,10H,8-9H2,(H,22,24). The van der Waals surface area contributed by atoms with Gasteiger partial charge in [0.1, 0.15) is 6.54 Å². The van der Waals surface area contributed by atoms with Crippen LogP contribution in [0.5, 0.6) is 0 Å². The molecular weight excluding hydrogens is 360 g/mol. The molecule has 0 radical (unpaired) electrons. The molecule has 1 amide bonds. The third-order valence-electron chi connectivity index (χ3n) is 3.60. The maximum atomic E-state index is 13.1. The van der Waals surface area contributed by atoms with E-state index in [0.717, 1.165) is 16.7 Å². The van der Waals surface area contributed by atoms with Crippen molar-refractivity contribution in [1.29, 1.82) is 0 Å². The summed E-state index contributed by atoms with van der Waals surface area (Å²) in [5.74, 6) is -3.73. The molecule has 0 bridgehead atoms. The van der Waals surface area contributed by atoms with Crippen molar-refractivity contribution in [2.24, 2.45) is 0 Å². The average Bonchev–Trinajstić information content (AvgIpc) is 2.65. The Kier molecular flexibility index (Phi) is 5.20. The molecule has 138 valence electrons. The molecule has 2 aromatic carbocycles. The number of fused-ring (bicyclic) bond motifs is 1. The van der Waals surface area contributed by atoms with E-state index >= 15 is 0 Å². The summed E-state index contributed by atoms with van der Waals surface area (Å²) < 4.78 is 31.8. The largest absolute Gasteiger partial charge is 0.454 e. The Balaban J connectivity index is 1.58. The maximum Gasteiger partial charge on any atom is 0.326 e. The van der Waals surface area contributed by atoms with Gasteiger partial charge < -0.3 is 10.1 Å². The Morgan fingerprint density at radius 1 is 1.11 bits per heavy atom. The van der Waals surface area contributed by atoms with E-state index < -0.39 is 42.2 Å². The van der Waals surface area contributed by atoms with Crippen molar-refractivity contribution in [3.8, 4) is 0 Å². The van der Waals surface area contributed by atoms with Gasteiger partial charge in [-0.15, -0.1) is 0 Å². The molecule has 9 heteroatoms. The number of rotatable bonds is 5. The minimum absolute atomic E-state index is 0.0184. The van der Waals surface area contributed by atoms with Crippen LogP contribution < -0.4 is 10.9 Å². The molecule has 0 spiro atoms. The fraction of sp³-hybridized carbons (Fsp3) is 0.111. The molecule has 0 aliphatic rings. The number of benzene rings is 2. The first-order valence-corrected chi connectivity index (χ1v) is 7.79. The van der Waals surface area contributed by atoms with Gasteiger partial charge in [-0.1, -0.05) is 12.1 Å². The summed E-state index contributed by atoms with van der Waals surface area (Å²) in [6.07, 6.45) is 1.22. The second kappa shape index (κ2) is 7.73. The number of carbonyl (C=O) groups is 2. The second-order valence-corrected chi connectivity index (χ2v) is 5.53. The summed E-state index contributed by atoms with van der Waals surface area (Å²) in [7, 11) is 0. The quantitative estimate of drug-likeness (QED) is 0.690. The van der Waals surface area contributed by atoms with Gasteiger partial charge in [0, 0.05) is 11.8 Å². The number of esters is 1. The molecule has 27 heavy (non-hydrogen) atoms. The zero-order valence-electron chi connectivity index (χ0n) is 13.8. The van der Waals surface area contributed by atoms with Crippen LogP contribution in [0, 0.1) is 11.6 Å². The average molecular weight is 373 g/mol. The van der Waals surface area contributed by atoms with Crippen LogP contribution in [0.25, 0.3) is 10.9 Å². The fourth-order valence-corrected chi connectivity index (χ4v) is 2.32. The van der Waals surface area contributed by atoms with E-state index in [4.69, 9.17) is 4.74 Å². The van der Waals surface area contributed by atoms with Crippen LogP contribution >= 0.6 is 0 Å². The van der Waals surface area contributed by atoms with Gasteiger partial charge in [-0.2, -0.15) is 0 Å². The number of halogens is 2. The maximum absolute atomic E-state index is 13.1. The molecule has 3 aromatic rings. The van der Waals surface area contributed by atoms with Gasteiger partial charge >= 0.3 is 5.97 Å². The Labute approximate surface area is 151 Å². The van der Waals surface area contributed by atoms with Crippen LogP contribution in [-0.4, -0.2) is 28.0 Å². The number of hydrogen-bond donors (Lipinski definition) is 1. The van der Waals surface area contributed by atoms with Gasteiger partial charge in [0.05, 0.1) is 17.2 Å². The molecule has 1 heterocycles. The van der Waals surface area contributed by atoms with Gasteiger partial charge in [0.25, 0.3) is 11.5 Å². The van der Waals surface area contributed by atoms with E-state index in [2.05, 4.69) is 10.3 Å². The predicted octanol–water partition coefficient (Wildman–Crippen LogP) is 1.86. The monoisotopic (exact) mass is 373 g/mol. The lowest BCUT2D eigenvalue weighted by Crippen LogP contribution is -2.28. The number of anilines is 1. The molecular formula is C18H13F2N3O4. The minimum atomic E-state index is -1.12. The molecule has 3 rings (SSSR count). The summed E-state index contributed by atoms with van der Waals surface area (Å²) in [5, 5.41) is 2.61. The molecule has 0 saturated carbocycles. The van der Waals surface area contributed by atoms with E-state index in [9.17, 15) is 23.2 Å². The zero-order chi connectivity index (χ0) is 19.4.